The van der Waals surface area contributed by atoms with E-state index in [1.807, 2.05) is 4.98 Å². The molecular weight excluding hydrogens is 586 g/mol. The minimum Gasteiger partial charge on any atom is -0.382 e. The molecule has 21 heteroatoms. The number of phosphoric acid groups is 1. The van der Waals surface area contributed by atoms with Gasteiger partial charge in [0.05, 0.1) is 19.5 Å². The number of anilines is 1. The van der Waals surface area contributed by atoms with Crippen molar-refractivity contribution in [2.24, 2.45) is 0 Å². The quantitative estimate of drug-likeness (QED) is 0.323. The van der Waals surface area contributed by atoms with Crippen molar-refractivity contribution in [2.45, 2.75) is 49.2 Å². The first-order chi connectivity index (χ1) is 19.1. The molecule has 6 heterocycles. The first kappa shape index (κ1) is 27.4. The largest absolute Gasteiger partial charge is 0.472 e. The summed E-state index contributed by atoms with van der Waals surface area (Å²) in [7, 11) is -5.89. The smallest absolute Gasteiger partial charge is 0.382 e. The fraction of sp³-hybridized carbons (Fsp3) is 0.526. The van der Waals surface area contributed by atoms with E-state index in [4.69, 9.17) is 33.3 Å². The third-order valence-electron chi connectivity index (χ3n) is 6.47. The number of alkyl halides is 2. The first-order valence-electron chi connectivity index (χ1n) is 11.6. The summed E-state index contributed by atoms with van der Waals surface area (Å²) in [5.41, 5.74) is 4.55. The van der Waals surface area contributed by atoms with Gasteiger partial charge in [-0.15, -0.1) is 0 Å². The fourth-order valence-electron chi connectivity index (χ4n) is 4.60. The molecule has 3 fully saturated rings. The highest BCUT2D eigenvalue weighted by Gasteiger charge is 2.53. The van der Waals surface area contributed by atoms with Gasteiger partial charge in [0.25, 0.3) is 5.56 Å². The van der Waals surface area contributed by atoms with Crippen LogP contribution in [-0.2, 0) is 32.1 Å². The van der Waals surface area contributed by atoms with Crippen molar-refractivity contribution < 1.29 is 45.8 Å². The number of halogens is 2. The van der Waals surface area contributed by atoms with Crippen molar-refractivity contribution in [3.63, 3.8) is 0 Å². The van der Waals surface area contributed by atoms with Gasteiger partial charge in [0.1, 0.15) is 36.3 Å². The van der Waals surface area contributed by atoms with Crippen LogP contribution in [0.4, 0.5) is 14.6 Å². The number of imidazole rings is 1. The van der Waals surface area contributed by atoms with Crippen molar-refractivity contribution in [3.05, 3.63) is 45.8 Å². The molecule has 2 unspecified atom stereocenters. The molecular formula is C19H21F2N7O10P2. The molecule has 0 amide bonds. The molecule has 2 bridgehead atoms. The Bertz CT molecular complexity index is 1570. The molecule has 0 radical (unpaired) electrons. The van der Waals surface area contributed by atoms with Crippen molar-refractivity contribution in [1.82, 2.24) is 29.1 Å². The maximum atomic E-state index is 15.7. The zero-order valence-corrected chi connectivity index (χ0v) is 21.9. The van der Waals surface area contributed by atoms with Gasteiger partial charge in [-0.2, -0.15) is 0 Å². The number of hydrogen-bond acceptors (Lipinski definition) is 13. The molecule has 3 saturated heterocycles. The number of nitrogens with one attached hydrogen (secondary N) is 1. The van der Waals surface area contributed by atoms with Crippen LogP contribution in [0.15, 0.2) is 34.5 Å². The Morgan fingerprint density at radius 1 is 1.07 bits per heavy atom. The minimum atomic E-state index is -5.03. The highest BCUT2D eigenvalue weighted by molar-refractivity contribution is 7.47. The van der Waals surface area contributed by atoms with E-state index >= 15 is 8.78 Å². The lowest BCUT2D eigenvalue weighted by atomic mass is 10.1. The third-order valence-corrected chi connectivity index (χ3v) is 8.10. The molecule has 3 aromatic heterocycles. The van der Waals surface area contributed by atoms with Gasteiger partial charge < -0.3 is 29.1 Å². The molecule has 3 aliphatic heterocycles. The summed E-state index contributed by atoms with van der Waals surface area (Å²) in [6, 6.07) is 1.02. The van der Waals surface area contributed by atoms with Gasteiger partial charge in [-0.05, 0) is 0 Å². The monoisotopic (exact) mass is 607 g/mol. The zero-order chi connectivity index (χ0) is 28.2. The number of nitrogen functional groups attached to an aromatic ring is 1. The number of aromatic amines is 1. The topological polar surface area (TPSA) is 217 Å². The molecule has 17 nitrogen and oxygen atoms in total. The number of fused-ring (bicyclic) bond motifs is 4. The number of phosphoric ester groups is 1. The second kappa shape index (κ2) is 10.6. The zero-order valence-electron chi connectivity index (χ0n) is 20.0. The maximum absolute atomic E-state index is 15.7. The van der Waals surface area contributed by atoms with E-state index in [9.17, 15) is 19.0 Å². The van der Waals surface area contributed by atoms with E-state index in [1.54, 1.807) is 0 Å². The van der Waals surface area contributed by atoms with E-state index in [2.05, 4.69) is 15.0 Å². The van der Waals surface area contributed by atoms with E-state index in [0.29, 0.717) is 0 Å². The molecule has 6 rings (SSSR count). The van der Waals surface area contributed by atoms with E-state index in [0.717, 1.165) is 23.2 Å². The highest BCUT2D eigenvalue weighted by atomic mass is 31.2. The van der Waals surface area contributed by atoms with Crippen LogP contribution in [0.2, 0.25) is 0 Å². The third kappa shape index (κ3) is 4.97. The van der Waals surface area contributed by atoms with Gasteiger partial charge in [-0.1, -0.05) is 0 Å². The Hall–Kier alpha value is -2.73. The molecule has 40 heavy (non-hydrogen) atoms. The number of rotatable bonds is 2. The molecule has 216 valence electrons. The van der Waals surface area contributed by atoms with E-state index in [-0.39, 0.29) is 17.0 Å². The van der Waals surface area contributed by atoms with Crippen LogP contribution in [0.1, 0.15) is 12.5 Å². The highest BCUT2D eigenvalue weighted by Crippen LogP contribution is 2.51. The fourth-order valence-corrected chi connectivity index (χ4v) is 6.21. The Labute approximate surface area is 223 Å². The molecule has 3 aromatic rings. The number of ether oxygens (including phenoxy) is 2. The Balaban J connectivity index is 1.26. The number of aromatic nitrogens is 6. The first-order valence-corrected chi connectivity index (χ1v) is 14.0. The van der Waals surface area contributed by atoms with Crippen LogP contribution in [0.5, 0.6) is 0 Å². The van der Waals surface area contributed by atoms with Crippen LogP contribution in [-0.4, -0.2) is 83.9 Å². The van der Waals surface area contributed by atoms with Gasteiger partial charge in [0.15, 0.2) is 45.3 Å². The van der Waals surface area contributed by atoms with Gasteiger partial charge in [0.2, 0.25) is 0 Å². The number of hydrogen-bond donors (Lipinski definition) is 3. The standard InChI is InChI=1S/C19H21F2N7O10P2/c20-10-7-4-34-40(31,32)38-13-8(36-17(11(13)21)28-6-25-12-15(22)23-5-24-16(12)28)3-33-39-37-14(10)18(35-7)27-2-1-9(29)26-19(27)30/h1-2,5-8,10-11,13-14,17-18,39H,3-4H2,(H,31,32)(H2,22,23,24)(H,26,29,30)/t7-,8-,10-,11-,13-,14-,17-,18-/m1/s1. The average Bonchev–Trinajstić information content (AvgIpc) is 3.56. The van der Waals surface area contributed by atoms with Crippen LogP contribution in [0, 0.1) is 0 Å². The van der Waals surface area contributed by atoms with Crippen LogP contribution in [0.3, 0.4) is 0 Å². The Kier molecular flexibility index (Phi) is 7.27. The lowest BCUT2D eigenvalue weighted by molar-refractivity contribution is -0.0608. The molecule has 0 aromatic carbocycles. The van der Waals surface area contributed by atoms with E-state index in [1.165, 1.54) is 10.9 Å². The van der Waals surface area contributed by atoms with Crippen LogP contribution < -0.4 is 17.0 Å². The Morgan fingerprint density at radius 3 is 2.67 bits per heavy atom. The van der Waals surface area contributed by atoms with Gasteiger partial charge in [0, 0.05) is 12.3 Å². The molecule has 3 aliphatic rings. The van der Waals surface area contributed by atoms with Gasteiger partial charge in [-0.3, -0.25) is 28.0 Å². The van der Waals surface area contributed by atoms with Gasteiger partial charge >= 0.3 is 13.5 Å². The average molecular weight is 607 g/mol. The number of nitrogens with two attached hydrogens (primary N) is 1. The van der Waals surface area contributed by atoms with Crippen molar-refractivity contribution in [3.8, 4) is 0 Å². The second-order valence-electron chi connectivity index (χ2n) is 8.93. The summed E-state index contributed by atoms with van der Waals surface area (Å²) in [5, 5.41) is 0. The van der Waals surface area contributed by atoms with Crippen molar-refractivity contribution in [1.29, 1.82) is 0 Å². The van der Waals surface area contributed by atoms with Gasteiger partial charge in [-0.25, -0.2) is 33.1 Å². The Morgan fingerprint density at radius 2 is 1.88 bits per heavy atom. The van der Waals surface area contributed by atoms with Crippen LogP contribution in [0.25, 0.3) is 11.2 Å². The summed E-state index contributed by atoms with van der Waals surface area (Å²) in [4.78, 5) is 48.1. The summed E-state index contributed by atoms with van der Waals surface area (Å²) in [5.74, 6) is 0.0522. The van der Waals surface area contributed by atoms with Crippen molar-refractivity contribution >= 4 is 33.8 Å². The van der Waals surface area contributed by atoms with Crippen molar-refractivity contribution in [2.75, 3.05) is 18.9 Å². The molecule has 0 saturated carbocycles. The minimum absolute atomic E-state index is 0.0522. The maximum Gasteiger partial charge on any atom is 0.472 e. The lowest BCUT2D eigenvalue weighted by Crippen LogP contribution is -2.37. The molecule has 0 aliphatic carbocycles. The summed E-state index contributed by atoms with van der Waals surface area (Å²) >= 11 is 0. The number of nitrogens with zero attached hydrogens (tertiary/aromatic N) is 5. The molecule has 10 atom stereocenters. The predicted octanol–water partition coefficient (Wildman–Crippen LogP) is -0.144. The predicted molar refractivity (Wildman–Crippen MR) is 128 cm³/mol. The number of H-pyrrole nitrogens is 1. The second-order valence-corrected chi connectivity index (χ2v) is 11.0. The van der Waals surface area contributed by atoms with Crippen LogP contribution >= 0.6 is 16.9 Å². The van der Waals surface area contributed by atoms with E-state index < -0.39 is 90.5 Å². The lowest BCUT2D eigenvalue weighted by Gasteiger charge is -2.23. The molecule has 4 N–H and O–H groups in total. The summed E-state index contributed by atoms with van der Waals surface area (Å²) in [6.07, 6.45) is -9.22. The summed E-state index contributed by atoms with van der Waals surface area (Å²) < 4.78 is 78.3. The summed E-state index contributed by atoms with van der Waals surface area (Å²) in [6.45, 7) is -1.24. The normalized spacial score (nSPS) is 37.6. The SMILES string of the molecule is Nc1ncnc2c1ncn2[C@@H]1O[C@@H]2COPO[C@@H]3[C@H](F)[C@@H](COP(=O)(O)O[C@H]2[C@H]1F)O[C@H]3n1ccc(=O)[nH]c1=O. The molecule has 0 spiro atoms.